The number of nitrogens with zero attached hydrogens (tertiary/aromatic N) is 2. The lowest BCUT2D eigenvalue weighted by atomic mass is 10.2. The van der Waals surface area contributed by atoms with Gasteiger partial charge < -0.3 is 10.8 Å². The molecule has 1 aromatic heterocycles. The second kappa shape index (κ2) is 6.74. The van der Waals surface area contributed by atoms with Gasteiger partial charge in [0.25, 0.3) is 0 Å². The number of halogens is 1. The molecule has 0 fully saturated rings. The van der Waals surface area contributed by atoms with Gasteiger partial charge in [0.15, 0.2) is 5.82 Å². The Morgan fingerprint density at radius 3 is 2.76 bits per heavy atom. The summed E-state index contributed by atoms with van der Waals surface area (Å²) >= 11 is 0. The van der Waals surface area contributed by atoms with Crippen LogP contribution in [0.3, 0.4) is 0 Å². The molecule has 96 valence electrons. The first-order valence-electron chi connectivity index (χ1n) is 4.74. The fraction of sp³-hybridized carbons (Fsp3) is 0.444. The minimum atomic E-state index is -1.14. The van der Waals surface area contributed by atoms with E-state index < -0.39 is 11.7 Å². The highest BCUT2D eigenvalue weighted by Crippen LogP contribution is 1.98. The fourth-order valence-corrected chi connectivity index (χ4v) is 1.18. The molecule has 0 unspecified atom stereocenters. The van der Waals surface area contributed by atoms with Gasteiger partial charge in [-0.25, -0.2) is 9.59 Å². The van der Waals surface area contributed by atoms with Crippen LogP contribution in [0.1, 0.15) is 18.7 Å². The van der Waals surface area contributed by atoms with E-state index in [2.05, 4.69) is 9.68 Å². The Morgan fingerprint density at radius 1 is 1.65 bits per heavy atom. The molecule has 0 radical (unpaired) electrons. The molecule has 0 aromatic carbocycles. The zero-order chi connectivity index (χ0) is 12.1. The molecule has 0 aliphatic carbocycles. The van der Waals surface area contributed by atoms with Crippen molar-refractivity contribution in [1.29, 1.82) is 0 Å². The number of unbranched alkanes of at least 4 members (excludes halogenated alkanes) is 1. The lowest BCUT2D eigenvalue weighted by Crippen LogP contribution is -2.15. The Labute approximate surface area is 103 Å². The largest absolute Gasteiger partial charge is 0.477 e. The average Bonchev–Trinajstić information content (AvgIpc) is 2.54. The third-order valence-electron chi connectivity index (χ3n) is 2.06. The van der Waals surface area contributed by atoms with Crippen molar-refractivity contribution in [2.24, 2.45) is 5.73 Å². The lowest BCUT2D eigenvalue weighted by Gasteiger charge is -1.99. The predicted molar refractivity (Wildman–Crippen MR) is 61.9 cm³/mol. The van der Waals surface area contributed by atoms with Crippen LogP contribution in [0.15, 0.2) is 21.1 Å². The van der Waals surface area contributed by atoms with Crippen LogP contribution < -0.4 is 11.5 Å². The molecule has 8 heteroatoms. The average molecular weight is 264 g/mol. The Hall–Kier alpha value is -1.76. The van der Waals surface area contributed by atoms with E-state index in [0.717, 1.165) is 0 Å². The number of carboxylic acids is 1. The van der Waals surface area contributed by atoms with Crippen molar-refractivity contribution in [2.75, 3.05) is 0 Å². The van der Waals surface area contributed by atoms with E-state index in [1.54, 1.807) is 6.92 Å². The van der Waals surface area contributed by atoms with Crippen LogP contribution in [-0.4, -0.2) is 20.8 Å². The summed E-state index contributed by atoms with van der Waals surface area (Å²) in [4.78, 5) is 21.4. The zero-order valence-corrected chi connectivity index (χ0v) is 10.1. The number of hydrogen-bond donors (Lipinski definition) is 2. The number of allylic oxidation sites excluding steroid dienone is 1. The van der Waals surface area contributed by atoms with E-state index in [1.807, 2.05) is 0 Å². The minimum absolute atomic E-state index is 0. The van der Waals surface area contributed by atoms with Crippen LogP contribution in [0.2, 0.25) is 0 Å². The number of nitrogens with two attached hydrogens (primary N) is 1. The van der Waals surface area contributed by atoms with Gasteiger partial charge in [-0.3, -0.25) is 9.09 Å². The van der Waals surface area contributed by atoms with Crippen molar-refractivity contribution in [2.45, 2.75) is 26.3 Å². The molecule has 1 heterocycles. The van der Waals surface area contributed by atoms with Gasteiger partial charge in [-0.1, -0.05) is 11.2 Å². The summed E-state index contributed by atoms with van der Waals surface area (Å²) in [5.41, 5.74) is 5.01. The van der Waals surface area contributed by atoms with Crippen molar-refractivity contribution >= 4 is 18.4 Å². The van der Waals surface area contributed by atoms with E-state index in [9.17, 15) is 9.59 Å². The third-order valence-corrected chi connectivity index (χ3v) is 2.06. The zero-order valence-electron chi connectivity index (χ0n) is 9.25. The van der Waals surface area contributed by atoms with Gasteiger partial charge in [0.1, 0.15) is 5.70 Å². The van der Waals surface area contributed by atoms with Crippen LogP contribution in [0.25, 0.3) is 0 Å². The molecule has 3 N–H and O–H groups in total. The number of aliphatic carboxylic acids is 1. The van der Waals surface area contributed by atoms with E-state index >= 15 is 0 Å². The van der Waals surface area contributed by atoms with E-state index in [1.165, 1.54) is 10.6 Å². The molecule has 0 bridgehead atoms. The van der Waals surface area contributed by atoms with E-state index in [0.29, 0.717) is 25.2 Å². The molecule has 0 saturated heterocycles. The van der Waals surface area contributed by atoms with Crippen molar-refractivity contribution in [3.05, 3.63) is 28.1 Å². The van der Waals surface area contributed by atoms with Crippen LogP contribution in [0.5, 0.6) is 0 Å². The van der Waals surface area contributed by atoms with Crippen molar-refractivity contribution < 1.29 is 14.4 Å². The first-order valence-corrected chi connectivity index (χ1v) is 4.74. The van der Waals surface area contributed by atoms with Crippen LogP contribution in [0.4, 0.5) is 0 Å². The van der Waals surface area contributed by atoms with Crippen molar-refractivity contribution in [3.8, 4) is 0 Å². The molecule has 0 spiro atoms. The maximum Gasteiger partial charge on any atom is 0.441 e. The monoisotopic (exact) mass is 263 g/mol. The predicted octanol–water partition coefficient (Wildman–Crippen LogP) is 0.274. The van der Waals surface area contributed by atoms with Gasteiger partial charge in [0, 0.05) is 6.54 Å². The fourth-order valence-electron chi connectivity index (χ4n) is 1.18. The molecule has 0 aliphatic heterocycles. The summed E-state index contributed by atoms with van der Waals surface area (Å²) < 4.78 is 5.81. The smallest absolute Gasteiger partial charge is 0.441 e. The molecule has 0 atom stereocenters. The highest BCUT2D eigenvalue weighted by atomic mass is 35.5. The first kappa shape index (κ1) is 15.2. The van der Waals surface area contributed by atoms with Crippen LogP contribution in [0, 0.1) is 6.92 Å². The van der Waals surface area contributed by atoms with E-state index in [4.69, 9.17) is 10.8 Å². The lowest BCUT2D eigenvalue weighted by molar-refractivity contribution is -0.132. The second-order valence-electron chi connectivity index (χ2n) is 3.25. The molecule has 1 aromatic rings. The van der Waals surface area contributed by atoms with E-state index in [-0.39, 0.29) is 18.1 Å². The topological polar surface area (TPSA) is 111 Å². The summed E-state index contributed by atoms with van der Waals surface area (Å²) in [7, 11) is 0. The van der Waals surface area contributed by atoms with Gasteiger partial charge in [-0.15, -0.1) is 12.4 Å². The Balaban J connectivity index is 0.00000256. The molecule has 0 saturated carbocycles. The SMILES string of the molecule is Cc1noc(=O)n1CCC/C=C(\N)C(=O)O.Cl. The first-order chi connectivity index (χ1) is 7.52. The number of carboxylic acid groups (broad SMARTS) is 1. The maximum atomic E-state index is 11.1. The molecular formula is C9H14ClN3O4. The number of aromatic nitrogens is 2. The van der Waals surface area contributed by atoms with Gasteiger partial charge in [0.2, 0.25) is 0 Å². The van der Waals surface area contributed by atoms with Gasteiger partial charge >= 0.3 is 11.7 Å². The van der Waals surface area contributed by atoms with Gasteiger partial charge in [-0.05, 0) is 19.8 Å². The Morgan fingerprint density at radius 2 is 2.29 bits per heavy atom. The molecule has 1 rings (SSSR count). The second-order valence-corrected chi connectivity index (χ2v) is 3.25. The number of rotatable bonds is 5. The summed E-state index contributed by atoms with van der Waals surface area (Å²) in [6.07, 6.45) is 2.49. The molecule has 0 amide bonds. The van der Waals surface area contributed by atoms with Gasteiger partial charge in [-0.2, -0.15) is 0 Å². The summed E-state index contributed by atoms with van der Waals surface area (Å²) in [6, 6.07) is 0. The highest BCUT2D eigenvalue weighted by molar-refractivity contribution is 5.85. The summed E-state index contributed by atoms with van der Waals surface area (Å²) in [6.45, 7) is 2.09. The Bertz CT molecular complexity index is 463. The standard InChI is InChI=1S/C9H13N3O4.ClH/c1-6-11-16-9(15)12(6)5-3-2-4-7(10)8(13)14;/h4H,2-3,5,10H2,1H3,(H,13,14);1H/b7-4-;. The van der Waals surface area contributed by atoms with Crippen LogP contribution >= 0.6 is 12.4 Å². The number of aryl methyl sites for hydroxylation is 1. The highest BCUT2D eigenvalue weighted by Gasteiger charge is 2.05. The number of carbonyl (C=O) groups is 1. The van der Waals surface area contributed by atoms with Crippen LogP contribution in [-0.2, 0) is 11.3 Å². The summed E-state index contributed by atoms with van der Waals surface area (Å²) in [5, 5.41) is 12.0. The Kier molecular flexibility index (Phi) is 6.05. The molecule has 7 nitrogen and oxygen atoms in total. The normalized spacial score (nSPS) is 11.0. The number of hydrogen-bond acceptors (Lipinski definition) is 5. The minimum Gasteiger partial charge on any atom is -0.477 e. The summed E-state index contributed by atoms with van der Waals surface area (Å²) in [5.74, 6) is -1.15. The molecular weight excluding hydrogens is 250 g/mol. The molecule has 0 aliphatic rings. The van der Waals surface area contributed by atoms with Crippen molar-refractivity contribution in [3.63, 3.8) is 0 Å². The van der Waals surface area contributed by atoms with Gasteiger partial charge in [0.05, 0.1) is 0 Å². The molecule has 17 heavy (non-hydrogen) atoms. The van der Waals surface area contributed by atoms with Crippen molar-refractivity contribution in [1.82, 2.24) is 9.72 Å². The third kappa shape index (κ3) is 4.31. The quantitative estimate of drug-likeness (QED) is 0.583. The maximum absolute atomic E-state index is 11.1.